The van der Waals surface area contributed by atoms with Crippen LogP contribution in [0.2, 0.25) is 0 Å². The van der Waals surface area contributed by atoms with E-state index in [2.05, 4.69) is 41.2 Å². The molecule has 8 heteroatoms. The highest BCUT2D eigenvalue weighted by molar-refractivity contribution is 5.79. The average Bonchev–Trinajstić information content (AvgIpc) is 3.05. The van der Waals surface area contributed by atoms with Crippen molar-refractivity contribution >= 4 is 11.6 Å². The number of aliphatic imine (C=N–C) groups is 1. The third-order valence-electron chi connectivity index (χ3n) is 4.79. The monoisotopic (exact) mass is 350 g/mol. The van der Waals surface area contributed by atoms with Gasteiger partial charge >= 0.3 is 5.69 Å². The summed E-state index contributed by atoms with van der Waals surface area (Å²) in [5.41, 5.74) is 0.0135. The molecule has 0 atom stereocenters. The Labute approximate surface area is 149 Å². The van der Waals surface area contributed by atoms with Crippen LogP contribution in [0.5, 0.6) is 0 Å². The van der Waals surface area contributed by atoms with Crippen molar-refractivity contribution in [2.45, 2.75) is 46.1 Å². The molecule has 0 aromatic carbocycles. The Bertz CT molecular complexity index is 577. The summed E-state index contributed by atoms with van der Waals surface area (Å²) in [6, 6.07) is 0. The average molecular weight is 350 g/mol. The van der Waals surface area contributed by atoms with Gasteiger partial charge in [-0.1, -0.05) is 19.8 Å². The second-order valence-corrected chi connectivity index (χ2v) is 6.96. The summed E-state index contributed by atoms with van der Waals surface area (Å²) >= 11 is 0. The van der Waals surface area contributed by atoms with Crippen molar-refractivity contribution in [3.63, 3.8) is 0 Å². The highest BCUT2D eigenvalue weighted by Gasteiger charge is 2.20. The first-order valence-corrected chi connectivity index (χ1v) is 9.15. The molecule has 0 spiro atoms. The Kier molecular flexibility index (Phi) is 7.21. The predicted molar refractivity (Wildman–Crippen MR) is 98.6 cm³/mol. The lowest BCUT2D eigenvalue weighted by Gasteiger charge is -2.31. The van der Waals surface area contributed by atoms with Gasteiger partial charge < -0.3 is 10.2 Å². The highest BCUT2D eigenvalue weighted by Crippen LogP contribution is 2.28. The molecule has 1 saturated carbocycles. The van der Waals surface area contributed by atoms with Crippen molar-refractivity contribution in [3.8, 4) is 0 Å². The van der Waals surface area contributed by atoms with Crippen molar-refractivity contribution < 1.29 is 4.92 Å². The fraction of sp³-hybridized carbons (Fsp3) is 0.765. The Hall–Kier alpha value is -2.12. The van der Waals surface area contributed by atoms with Crippen molar-refractivity contribution in [2.24, 2.45) is 16.8 Å². The summed E-state index contributed by atoms with van der Waals surface area (Å²) in [4.78, 5) is 17.1. The Morgan fingerprint density at radius 1 is 1.48 bits per heavy atom. The number of nitrogens with zero attached hydrogens (tertiary/aromatic N) is 5. The van der Waals surface area contributed by atoms with Gasteiger partial charge in [-0.15, -0.1) is 0 Å². The Morgan fingerprint density at radius 3 is 2.80 bits per heavy atom. The van der Waals surface area contributed by atoms with Crippen LogP contribution in [-0.4, -0.2) is 52.2 Å². The summed E-state index contributed by atoms with van der Waals surface area (Å²) in [5, 5.41) is 18.0. The van der Waals surface area contributed by atoms with E-state index in [1.165, 1.54) is 38.1 Å². The van der Waals surface area contributed by atoms with Crippen molar-refractivity contribution in [1.82, 2.24) is 20.0 Å². The number of rotatable bonds is 7. The standard InChI is InChI=1S/C17H30N6O2/c1-4-18-17(21(3)12-15-7-5-14(2)6-8-15)19-9-10-22-13-16(11-20-22)23(24)25/h11,13-15H,4-10,12H2,1-3H3,(H,18,19). The zero-order valence-corrected chi connectivity index (χ0v) is 15.5. The normalized spacial score (nSPS) is 21.2. The lowest BCUT2D eigenvalue weighted by Crippen LogP contribution is -2.42. The number of hydrogen-bond donors (Lipinski definition) is 1. The maximum Gasteiger partial charge on any atom is 0.306 e. The van der Waals surface area contributed by atoms with Crippen molar-refractivity contribution in [2.75, 3.05) is 26.7 Å². The summed E-state index contributed by atoms with van der Waals surface area (Å²) in [7, 11) is 2.08. The Morgan fingerprint density at radius 2 is 2.20 bits per heavy atom. The van der Waals surface area contributed by atoms with E-state index >= 15 is 0 Å². The van der Waals surface area contributed by atoms with Gasteiger partial charge in [0.2, 0.25) is 0 Å². The third-order valence-corrected chi connectivity index (χ3v) is 4.79. The Balaban J connectivity index is 1.86. The van der Waals surface area contributed by atoms with Gasteiger partial charge in [0.15, 0.2) is 5.96 Å². The van der Waals surface area contributed by atoms with Crippen LogP contribution in [0.25, 0.3) is 0 Å². The molecule has 0 saturated heterocycles. The van der Waals surface area contributed by atoms with Gasteiger partial charge in [-0.25, -0.2) is 0 Å². The summed E-state index contributed by atoms with van der Waals surface area (Å²) < 4.78 is 1.56. The molecule has 1 N–H and O–H groups in total. The minimum absolute atomic E-state index is 0.0135. The van der Waals surface area contributed by atoms with Crippen molar-refractivity contribution in [1.29, 1.82) is 0 Å². The van der Waals surface area contributed by atoms with Gasteiger partial charge in [0.05, 0.1) is 18.0 Å². The van der Waals surface area contributed by atoms with Crippen LogP contribution in [0.3, 0.4) is 0 Å². The second kappa shape index (κ2) is 9.39. The molecule has 0 bridgehead atoms. The fourth-order valence-electron chi connectivity index (χ4n) is 3.28. The van der Waals surface area contributed by atoms with Crippen molar-refractivity contribution in [3.05, 3.63) is 22.5 Å². The van der Waals surface area contributed by atoms with Gasteiger partial charge in [-0.05, 0) is 31.6 Å². The van der Waals surface area contributed by atoms with Crippen LogP contribution in [-0.2, 0) is 6.54 Å². The molecule has 8 nitrogen and oxygen atoms in total. The zero-order valence-electron chi connectivity index (χ0n) is 15.5. The summed E-state index contributed by atoms with van der Waals surface area (Å²) in [5.74, 6) is 2.49. The zero-order chi connectivity index (χ0) is 18.2. The van der Waals surface area contributed by atoms with E-state index in [0.717, 1.165) is 30.9 Å². The molecule has 0 radical (unpaired) electrons. The number of aromatic nitrogens is 2. The second-order valence-electron chi connectivity index (χ2n) is 6.96. The molecule has 140 valence electrons. The molecule has 0 unspecified atom stereocenters. The predicted octanol–water partition coefficient (Wildman–Crippen LogP) is 2.51. The van der Waals surface area contributed by atoms with Gasteiger partial charge in [-0.3, -0.25) is 19.8 Å². The molecular weight excluding hydrogens is 320 g/mol. The number of nitrogens with one attached hydrogen (secondary N) is 1. The van der Waals surface area contributed by atoms with Crippen LogP contribution >= 0.6 is 0 Å². The summed E-state index contributed by atoms with van der Waals surface area (Å²) in [6.07, 6.45) is 7.94. The van der Waals surface area contributed by atoms with E-state index < -0.39 is 4.92 Å². The topological polar surface area (TPSA) is 88.6 Å². The lowest BCUT2D eigenvalue weighted by molar-refractivity contribution is -0.385. The minimum atomic E-state index is -0.435. The lowest BCUT2D eigenvalue weighted by atomic mass is 9.83. The van der Waals surface area contributed by atoms with Crippen LogP contribution < -0.4 is 5.32 Å². The maximum atomic E-state index is 10.7. The van der Waals surface area contributed by atoms with Crippen LogP contribution in [0.1, 0.15) is 39.5 Å². The largest absolute Gasteiger partial charge is 0.357 e. The van der Waals surface area contributed by atoms with E-state index in [1.54, 1.807) is 4.68 Å². The molecule has 1 aliphatic rings. The van der Waals surface area contributed by atoms with Crippen LogP contribution in [0.4, 0.5) is 5.69 Å². The third kappa shape index (κ3) is 6.03. The first kappa shape index (κ1) is 19.2. The molecule has 0 aliphatic heterocycles. The van der Waals surface area contributed by atoms with Crippen LogP contribution in [0.15, 0.2) is 17.4 Å². The van der Waals surface area contributed by atoms with E-state index in [4.69, 9.17) is 0 Å². The molecular formula is C17H30N6O2. The van der Waals surface area contributed by atoms with E-state index in [9.17, 15) is 10.1 Å². The quantitative estimate of drug-likeness (QED) is 0.353. The molecule has 1 aliphatic carbocycles. The number of nitro groups is 1. The fourth-order valence-corrected chi connectivity index (χ4v) is 3.28. The molecule has 1 aromatic heterocycles. The molecule has 0 amide bonds. The molecule has 1 aromatic rings. The van der Waals surface area contributed by atoms with E-state index in [1.807, 2.05) is 0 Å². The SMILES string of the molecule is CCNC(=NCCn1cc([N+](=O)[O-])cn1)N(C)CC1CCC(C)CC1. The molecule has 1 fully saturated rings. The molecule has 1 heterocycles. The number of guanidine groups is 1. The first-order valence-electron chi connectivity index (χ1n) is 9.15. The molecule has 2 rings (SSSR count). The van der Waals surface area contributed by atoms with E-state index in [0.29, 0.717) is 13.1 Å². The van der Waals surface area contributed by atoms with Crippen LogP contribution in [0, 0.1) is 22.0 Å². The first-order chi connectivity index (χ1) is 12.0. The van der Waals surface area contributed by atoms with Gasteiger partial charge in [0, 0.05) is 20.1 Å². The van der Waals surface area contributed by atoms with Gasteiger partial charge in [0.1, 0.15) is 12.4 Å². The smallest absolute Gasteiger partial charge is 0.306 e. The summed E-state index contributed by atoms with van der Waals surface area (Å²) in [6.45, 7) is 7.29. The highest BCUT2D eigenvalue weighted by atomic mass is 16.6. The molecule has 25 heavy (non-hydrogen) atoms. The van der Waals surface area contributed by atoms with Gasteiger partial charge in [0.25, 0.3) is 0 Å². The maximum absolute atomic E-state index is 10.7. The van der Waals surface area contributed by atoms with E-state index in [-0.39, 0.29) is 5.69 Å². The number of hydrogen-bond acceptors (Lipinski definition) is 4. The van der Waals surface area contributed by atoms with Gasteiger partial charge in [-0.2, -0.15) is 5.10 Å². The minimum Gasteiger partial charge on any atom is -0.357 e.